The summed E-state index contributed by atoms with van der Waals surface area (Å²) in [5, 5.41) is 19.6. The fourth-order valence-corrected chi connectivity index (χ4v) is 2.09. The Morgan fingerprint density at radius 2 is 2.10 bits per heavy atom. The van der Waals surface area contributed by atoms with Gasteiger partial charge in [-0.15, -0.1) is 0 Å². The SMILES string of the molecule is CCOC(=O)c1ccc([C@H](O)CO)c2nc(OC)ccc12. The number of carbonyl (C=O) groups excluding carboxylic acids is 1. The predicted octanol–water partition coefficient (Wildman–Crippen LogP) is 1.45. The van der Waals surface area contributed by atoms with Gasteiger partial charge in [-0.25, -0.2) is 9.78 Å². The highest BCUT2D eigenvalue weighted by Gasteiger charge is 2.18. The van der Waals surface area contributed by atoms with Crippen LogP contribution in [0, 0.1) is 0 Å². The van der Waals surface area contributed by atoms with Crippen LogP contribution >= 0.6 is 0 Å². The lowest BCUT2D eigenvalue weighted by molar-refractivity contribution is 0.0528. The molecule has 1 aromatic carbocycles. The first-order chi connectivity index (χ1) is 10.1. The molecule has 0 saturated heterocycles. The Bertz CT molecular complexity index is 656. The van der Waals surface area contributed by atoms with Crippen molar-refractivity contribution in [3.8, 4) is 5.88 Å². The van der Waals surface area contributed by atoms with Gasteiger partial charge in [-0.2, -0.15) is 0 Å². The Morgan fingerprint density at radius 3 is 2.71 bits per heavy atom. The number of esters is 1. The largest absolute Gasteiger partial charge is 0.481 e. The van der Waals surface area contributed by atoms with E-state index in [1.807, 2.05) is 0 Å². The first kappa shape index (κ1) is 15.2. The molecule has 1 aromatic heterocycles. The summed E-state index contributed by atoms with van der Waals surface area (Å²) >= 11 is 0. The molecule has 2 N–H and O–H groups in total. The molecule has 0 fully saturated rings. The van der Waals surface area contributed by atoms with Crippen LogP contribution < -0.4 is 4.74 Å². The van der Waals surface area contributed by atoms with E-state index in [-0.39, 0.29) is 6.61 Å². The van der Waals surface area contributed by atoms with Gasteiger partial charge in [0, 0.05) is 17.0 Å². The summed E-state index contributed by atoms with van der Waals surface area (Å²) in [4.78, 5) is 16.2. The molecular weight excluding hydrogens is 274 g/mol. The van der Waals surface area contributed by atoms with Gasteiger partial charge in [-0.1, -0.05) is 6.07 Å². The van der Waals surface area contributed by atoms with Crippen molar-refractivity contribution in [1.82, 2.24) is 4.98 Å². The summed E-state index contributed by atoms with van der Waals surface area (Å²) in [6, 6.07) is 6.42. The number of nitrogens with zero attached hydrogens (tertiary/aromatic N) is 1. The molecular formula is C15H17NO5. The van der Waals surface area contributed by atoms with Crippen molar-refractivity contribution >= 4 is 16.9 Å². The minimum atomic E-state index is -1.08. The van der Waals surface area contributed by atoms with Crippen LogP contribution in [0.5, 0.6) is 5.88 Å². The van der Waals surface area contributed by atoms with E-state index in [1.54, 1.807) is 31.2 Å². The Kier molecular flexibility index (Phi) is 4.72. The molecule has 1 atom stereocenters. The van der Waals surface area contributed by atoms with Gasteiger partial charge in [-0.3, -0.25) is 0 Å². The van der Waals surface area contributed by atoms with Gasteiger partial charge < -0.3 is 19.7 Å². The highest BCUT2D eigenvalue weighted by atomic mass is 16.5. The molecule has 6 nitrogen and oxygen atoms in total. The minimum Gasteiger partial charge on any atom is -0.481 e. The van der Waals surface area contributed by atoms with Crippen LogP contribution in [0.4, 0.5) is 0 Å². The van der Waals surface area contributed by atoms with E-state index < -0.39 is 18.7 Å². The molecule has 1 heterocycles. The van der Waals surface area contributed by atoms with Crippen LogP contribution in [0.2, 0.25) is 0 Å². The third kappa shape index (κ3) is 2.96. The molecule has 0 aliphatic heterocycles. The smallest absolute Gasteiger partial charge is 0.338 e. The van der Waals surface area contributed by atoms with Gasteiger partial charge in [0.2, 0.25) is 5.88 Å². The summed E-state index contributed by atoms with van der Waals surface area (Å²) in [5.41, 5.74) is 1.19. The number of carbonyl (C=O) groups is 1. The number of pyridine rings is 1. The number of aliphatic hydroxyl groups is 2. The first-order valence-corrected chi connectivity index (χ1v) is 6.56. The Labute approximate surface area is 121 Å². The number of methoxy groups -OCH3 is 1. The van der Waals surface area contributed by atoms with Gasteiger partial charge in [0.25, 0.3) is 0 Å². The van der Waals surface area contributed by atoms with E-state index in [4.69, 9.17) is 14.6 Å². The maximum atomic E-state index is 12.0. The van der Waals surface area contributed by atoms with E-state index in [0.29, 0.717) is 27.9 Å². The monoisotopic (exact) mass is 291 g/mol. The number of ether oxygens (including phenoxy) is 2. The zero-order valence-corrected chi connectivity index (χ0v) is 11.9. The molecule has 0 aliphatic carbocycles. The van der Waals surface area contributed by atoms with Crippen molar-refractivity contribution < 1.29 is 24.5 Å². The molecule has 6 heteroatoms. The molecule has 2 aromatic rings. The van der Waals surface area contributed by atoms with E-state index in [0.717, 1.165) is 0 Å². The van der Waals surface area contributed by atoms with Crippen LogP contribution in [0.25, 0.3) is 10.9 Å². The fraction of sp³-hybridized carbons (Fsp3) is 0.333. The minimum absolute atomic E-state index is 0.269. The molecule has 0 amide bonds. The van der Waals surface area contributed by atoms with Crippen molar-refractivity contribution in [2.24, 2.45) is 0 Å². The lowest BCUT2D eigenvalue weighted by Gasteiger charge is -2.14. The predicted molar refractivity (Wildman–Crippen MR) is 76.3 cm³/mol. The van der Waals surface area contributed by atoms with Crippen molar-refractivity contribution in [1.29, 1.82) is 0 Å². The van der Waals surface area contributed by atoms with Gasteiger partial charge >= 0.3 is 5.97 Å². The van der Waals surface area contributed by atoms with E-state index in [1.165, 1.54) is 7.11 Å². The van der Waals surface area contributed by atoms with E-state index in [2.05, 4.69) is 4.98 Å². The first-order valence-electron chi connectivity index (χ1n) is 6.56. The van der Waals surface area contributed by atoms with Gasteiger partial charge in [0.15, 0.2) is 0 Å². The Morgan fingerprint density at radius 1 is 1.33 bits per heavy atom. The number of fused-ring (bicyclic) bond motifs is 1. The van der Waals surface area contributed by atoms with Gasteiger partial charge in [0.05, 0.1) is 31.4 Å². The molecule has 0 bridgehead atoms. The summed E-state index contributed by atoms with van der Waals surface area (Å²) in [7, 11) is 1.48. The molecule has 0 radical (unpaired) electrons. The van der Waals surface area contributed by atoms with Crippen LogP contribution in [-0.2, 0) is 4.74 Å². The van der Waals surface area contributed by atoms with Crippen LogP contribution in [0.15, 0.2) is 24.3 Å². The van der Waals surface area contributed by atoms with Crippen molar-refractivity contribution in [3.05, 3.63) is 35.4 Å². The summed E-state index contributed by atoms with van der Waals surface area (Å²) in [6.07, 6.45) is -1.08. The van der Waals surface area contributed by atoms with Crippen LogP contribution in [0.3, 0.4) is 0 Å². The maximum Gasteiger partial charge on any atom is 0.338 e. The molecule has 0 aliphatic rings. The molecule has 0 saturated carbocycles. The highest BCUT2D eigenvalue weighted by molar-refractivity contribution is 6.04. The van der Waals surface area contributed by atoms with Crippen LogP contribution in [0.1, 0.15) is 28.9 Å². The summed E-state index contributed by atoms with van der Waals surface area (Å²) in [6.45, 7) is 1.56. The second-order valence-corrected chi connectivity index (χ2v) is 4.37. The molecule has 2 rings (SSSR count). The number of benzene rings is 1. The standard InChI is InChI=1S/C15H17NO5/c1-3-21-15(19)10-4-5-11(12(18)8-17)14-9(10)6-7-13(16-14)20-2/h4-7,12,17-18H,3,8H2,1-2H3/t12-/m1/s1. The normalized spacial score (nSPS) is 12.2. The Hall–Kier alpha value is -2.18. The Balaban J connectivity index is 2.67. The third-order valence-electron chi connectivity index (χ3n) is 3.10. The second-order valence-electron chi connectivity index (χ2n) is 4.37. The van der Waals surface area contributed by atoms with Crippen molar-refractivity contribution in [3.63, 3.8) is 0 Å². The summed E-state index contributed by atoms with van der Waals surface area (Å²) < 4.78 is 10.1. The van der Waals surface area contributed by atoms with Gasteiger partial charge in [-0.05, 0) is 19.1 Å². The average molecular weight is 291 g/mol. The highest BCUT2D eigenvalue weighted by Crippen LogP contribution is 2.28. The van der Waals surface area contributed by atoms with Gasteiger partial charge in [0.1, 0.15) is 6.10 Å². The zero-order chi connectivity index (χ0) is 15.4. The number of rotatable bonds is 5. The lowest BCUT2D eigenvalue weighted by Crippen LogP contribution is -2.09. The molecule has 0 spiro atoms. The number of hydrogen-bond donors (Lipinski definition) is 2. The molecule has 0 unspecified atom stereocenters. The number of aromatic nitrogens is 1. The maximum absolute atomic E-state index is 12.0. The second kappa shape index (κ2) is 6.51. The quantitative estimate of drug-likeness (QED) is 0.810. The summed E-state index contributed by atoms with van der Waals surface area (Å²) in [5.74, 6) is -0.102. The third-order valence-corrected chi connectivity index (χ3v) is 3.10. The van der Waals surface area contributed by atoms with Crippen molar-refractivity contribution in [2.75, 3.05) is 20.3 Å². The van der Waals surface area contributed by atoms with E-state index in [9.17, 15) is 9.90 Å². The molecule has 112 valence electrons. The van der Waals surface area contributed by atoms with Crippen LogP contribution in [-0.4, -0.2) is 41.5 Å². The zero-order valence-electron chi connectivity index (χ0n) is 11.9. The fourth-order valence-electron chi connectivity index (χ4n) is 2.09. The van der Waals surface area contributed by atoms with E-state index >= 15 is 0 Å². The number of aliphatic hydroxyl groups excluding tert-OH is 2. The topological polar surface area (TPSA) is 88.9 Å². The average Bonchev–Trinajstić information content (AvgIpc) is 2.52. The van der Waals surface area contributed by atoms with Crippen molar-refractivity contribution in [2.45, 2.75) is 13.0 Å². The number of hydrogen-bond acceptors (Lipinski definition) is 6. The lowest BCUT2D eigenvalue weighted by atomic mass is 10.0. The molecule has 21 heavy (non-hydrogen) atoms.